The summed E-state index contributed by atoms with van der Waals surface area (Å²) in [6.07, 6.45) is 4.92. The Bertz CT molecular complexity index is 611. The summed E-state index contributed by atoms with van der Waals surface area (Å²) in [5.41, 5.74) is 4.53. The molecule has 0 spiro atoms. The number of nitrogens with one attached hydrogen (secondary N) is 2. The lowest BCUT2D eigenvalue weighted by molar-refractivity contribution is -0.129. The third-order valence-electron chi connectivity index (χ3n) is 4.11. The number of benzene rings is 2. The molecule has 0 radical (unpaired) electrons. The Labute approximate surface area is 143 Å². The fourth-order valence-electron chi connectivity index (χ4n) is 2.78. The zero-order chi connectivity index (χ0) is 17.2. The highest BCUT2D eigenvalue weighted by molar-refractivity contribution is 5.86. The van der Waals surface area contributed by atoms with Crippen molar-refractivity contribution < 1.29 is 10.0 Å². The number of hydrogen-bond donors (Lipinski definition) is 3. The van der Waals surface area contributed by atoms with Crippen LogP contribution in [0.15, 0.2) is 54.6 Å². The van der Waals surface area contributed by atoms with Crippen LogP contribution in [0.5, 0.6) is 0 Å². The van der Waals surface area contributed by atoms with Crippen LogP contribution in [0.2, 0.25) is 0 Å². The van der Waals surface area contributed by atoms with Crippen molar-refractivity contribution in [1.29, 1.82) is 0 Å². The van der Waals surface area contributed by atoms with Gasteiger partial charge in [-0.25, -0.2) is 5.48 Å². The van der Waals surface area contributed by atoms with Gasteiger partial charge in [0, 0.05) is 12.2 Å². The van der Waals surface area contributed by atoms with E-state index in [-0.39, 0.29) is 0 Å². The Morgan fingerprint density at radius 1 is 0.958 bits per heavy atom. The molecular formula is C20H26N2O2. The van der Waals surface area contributed by atoms with Gasteiger partial charge in [-0.2, -0.15) is 0 Å². The van der Waals surface area contributed by atoms with Crippen molar-refractivity contribution in [3.63, 3.8) is 0 Å². The van der Waals surface area contributed by atoms with E-state index in [0.717, 1.165) is 29.8 Å². The Hall–Kier alpha value is -2.33. The van der Waals surface area contributed by atoms with Crippen molar-refractivity contribution >= 4 is 11.6 Å². The molecule has 3 N–H and O–H groups in total. The van der Waals surface area contributed by atoms with Crippen molar-refractivity contribution in [2.45, 2.75) is 38.5 Å². The van der Waals surface area contributed by atoms with E-state index in [1.165, 1.54) is 19.3 Å². The Balaban J connectivity index is 2.05. The molecule has 0 saturated carbocycles. The molecule has 4 nitrogen and oxygen atoms in total. The first-order valence-electron chi connectivity index (χ1n) is 8.59. The Kier molecular flexibility index (Phi) is 7.30. The van der Waals surface area contributed by atoms with E-state index in [9.17, 15) is 4.79 Å². The molecule has 0 heterocycles. The van der Waals surface area contributed by atoms with Crippen molar-refractivity contribution in [2.75, 3.05) is 11.9 Å². The number of hydroxylamine groups is 1. The van der Waals surface area contributed by atoms with Gasteiger partial charge in [0.25, 0.3) is 5.91 Å². The summed E-state index contributed by atoms with van der Waals surface area (Å²) in [6, 6.07) is 17.3. The molecule has 24 heavy (non-hydrogen) atoms. The van der Waals surface area contributed by atoms with Gasteiger partial charge in [0.05, 0.1) is 5.92 Å². The smallest absolute Gasteiger partial charge is 0.255 e. The lowest BCUT2D eigenvalue weighted by Crippen LogP contribution is -2.27. The molecule has 0 aliphatic carbocycles. The van der Waals surface area contributed by atoms with E-state index in [1.54, 1.807) is 5.48 Å². The predicted octanol–water partition coefficient (Wildman–Crippen LogP) is 4.32. The minimum absolute atomic E-state index is 0.429. The van der Waals surface area contributed by atoms with E-state index in [0.29, 0.717) is 0 Å². The second kappa shape index (κ2) is 9.73. The van der Waals surface area contributed by atoms with Gasteiger partial charge in [0.15, 0.2) is 0 Å². The second-order valence-electron chi connectivity index (χ2n) is 5.93. The molecule has 0 aromatic heterocycles. The molecule has 4 heteroatoms. The number of anilines is 1. The number of unbranched alkanes of at least 4 members (excludes halogenated alkanes) is 3. The molecule has 1 atom stereocenters. The van der Waals surface area contributed by atoms with Crippen LogP contribution >= 0.6 is 0 Å². The first-order valence-corrected chi connectivity index (χ1v) is 8.59. The maximum Gasteiger partial charge on any atom is 0.255 e. The summed E-state index contributed by atoms with van der Waals surface area (Å²) in [6.45, 7) is 3.16. The molecule has 0 aliphatic heterocycles. The van der Waals surface area contributed by atoms with Gasteiger partial charge in [-0.15, -0.1) is 0 Å². The minimum Gasteiger partial charge on any atom is -0.385 e. The predicted molar refractivity (Wildman–Crippen MR) is 97.3 cm³/mol. The van der Waals surface area contributed by atoms with Gasteiger partial charge in [-0.1, -0.05) is 68.7 Å². The van der Waals surface area contributed by atoms with E-state index in [2.05, 4.69) is 12.2 Å². The fraction of sp³-hybridized carbons (Fsp3) is 0.350. The van der Waals surface area contributed by atoms with Crippen molar-refractivity contribution in [2.24, 2.45) is 0 Å². The largest absolute Gasteiger partial charge is 0.385 e. The van der Waals surface area contributed by atoms with Crippen LogP contribution in [-0.4, -0.2) is 17.7 Å². The third kappa shape index (κ3) is 5.10. The lowest BCUT2D eigenvalue weighted by Gasteiger charge is -2.16. The van der Waals surface area contributed by atoms with E-state index >= 15 is 0 Å². The first-order chi connectivity index (χ1) is 11.8. The van der Waals surface area contributed by atoms with Crippen LogP contribution in [0.4, 0.5) is 5.69 Å². The molecule has 0 fully saturated rings. The number of carbonyl (C=O) groups excluding carboxylic acids is 1. The summed E-state index contributed by atoms with van der Waals surface area (Å²) >= 11 is 0. The van der Waals surface area contributed by atoms with Crippen LogP contribution in [0, 0.1) is 0 Å². The molecule has 2 rings (SSSR count). The van der Waals surface area contributed by atoms with Gasteiger partial charge in [0.1, 0.15) is 0 Å². The quantitative estimate of drug-likeness (QED) is 0.365. The lowest BCUT2D eigenvalue weighted by atomic mass is 9.90. The van der Waals surface area contributed by atoms with Crippen LogP contribution < -0.4 is 10.8 Å². The molecule has 2 aromatic rings. The Morgan fingerprint density at radius 3 is 2.25 bits per heavy atom. The number of carbonyl (C=O) groups is 1. The maximum absolute atomic E-state index is 12.1. The molecular weight excluding hydrogens is 300 g/mol. The van der Waals surface area contributed by atoms with Crippen molar-refractivity contribution in [3.8, 4) is 0 Å². The minimum atomic E-state index is -0.519. The number of hydrogen-bond acceptors (Lipinski definition) is 3. The molecule has 1 amide bonds. The zero-order valence-corrected chi connectivity index (χ0v) is 14.2. The highest BCUT2D eigenvalue weighted by atomic mass is 16.5. The Morgan fingerprint density at radius 2 is 1.62 bits per heavy atom. The first kappa shape index (κ1) is 18.0. The van der Waals surface area contributed by atoms with Crippen LogP contribution in [0.3, 0.4) is 0 Å². The normalized spacial score (nSPS) is 11.8. The highest BCUT2D eigenvalue weighted by Gasteiger charge is 2.22. The fourth-order valence-corrected chi connectivity index (χ4v) is 2.78. The third-order valence-corrected chi connectivity index (χ3v) is 4.11. The van der Waals surface area contributed by atoms with Gasteiger partial charge in [0.2, 0.25) is 0 Å². The highest BCUT2D eigenvalue weighted by Crippen LogP contribution is 2.26. The summed E-state index contributed by atoms with van der Waals surface area (Å²) in [7, 11) is 0. The summed E-state index contributed by atoms with van der Waals surface area (Å²) < 4.78 is 0. The second-order valence-corrected chi connectivity index (χ2v) is 5.93. The van der Waals surface area contributed by atoms with E-state index < -0.39 is 11.8 Å². The van der Waals surface area contributed by atoms with Gasteiger partial charge >= 0.3 is 0 Å². The number of amides is 1. The SMILES string of the molecule is CCCCCCNc1ccc(C(C(=O)NO)c2ccccc2)cc1. The van der Waals surface area contributed by atoms with E-state index in [4.69, 9.17) is 5.21 Å². The van der Waals surface area contributed by atoms with Crippen LogP contribution in [0.25, 0.3) is 0 Å². The van der Waals surface area contributed by atoms with Gasteiger partial charge < -0.3 is 5.32 Å². The topological polar surface area (TPSA) is 61.4 Å². The molecule has 1 unspecified atom stereocenters. The average molecular weight is 326 g/mol. The van der Waals surface area contributed by atoms with Crippen LogP contribution in [-0.2, 0) is 4.79 Å². The number of rotatable bonds is 9. The van der Waals surface area contributed by atoms with Gasteiger partial charge in [-0.3, -0.25) is 10.0 Å². The zero-order valence-electron chi connectivity index (χ0n) is 14.2. The molecule has 128 valence electrons. The maximum atomic E-state index is 12.1. The molecule has 0 aliphatic rings. The molecule has 0 bridgehead atoms. The molecule has 2 aromatic carbocycles. The van der Waals surface area contributed by atoms with Crippen molar-refractivity contribution in [3.05, 3.63) is 65.7 Å². The average Bonchev–Trinajstić information content (AvgIpc) is 2.63. The summed E-state index contributed by atoms with van der Waals surface area (Å²) in [4.78, 5) is 12.1. The summed E-state index contributed by atoms with van der Waals surface area (Å²) in [5, 5.41) is 12.5. The standard InChI is InChI=1S/C20H26N2O2/c1-2-3-4-8-15-21-18-13-11-17(12-14-18)19(20(23)22-24)16-9-6-5-7-10-16/h5-7,9-14,19,21,24H,2-4,8,15H2,1H3,(H,22,23). The van der Waals surface area contributed by atoms with Gasteiger partial charge in [-0.05, 0) is 29.7 Å². The summed E-state index contributed by atoms with van der Waals surface area (Å²) in [5.74, 6) is -0.948. The van der Waals surface area contributed by atoms with Crippen molar-refractivity contribution in [1.82, 2.24) is 5.48 Å². The van der Waals surface area contributed by atoms with E-state index in [1.807, 2.05) is 54.6 Å². The molecule has 0 saturated heterocycles. The van der Waals surface area contributed by atoms with Crippen LogP contribution in [0.1, 0.15) is 49.7 Å². The monoisotopic (exact) mass is 326 g/mol.